The minimum absolute atomic E-state index is 0.148. The molecule has 5 nitrogen and oxygen atoms in total. The molecular formula is C14H15NO4. The third kappa shape index (κ3) is 4.75. The lowest BCUT2D eigenvalue weighted by Crippen LogP contribution is -2.12. The van der Waals surface area contributed by atoms with Crippen LogP contribution in [0.5, 0.6) is 0 Å². The zero-order valence-corrected chi connectivity index (χ0v) is 10.8. The highest BCUT2D eigenvalue weighted by molar-refractivity contribution is 6.07. The molecule has 0 bridgehead atoms. The molecule has 0 fully saturated rings. The molecule has 1 N–H and O–H groups in total. The van der Waals surface area contributed by atoms with Crippen molar-refractivity contribution in [2.75, 3.05) is 11.9 Å². The van der Waals surface area contributed by atoms with E-state index in [4.69, 9.17) is 0 Å². The van der Waals surface area contributed by atoms with Crippen molar-refractivity contribution >= 4 is 23.3 Å². The van der Waals surface area contributed by atoms with Gasteiger partial charge in [-0.25, -0.2) is 4.79 Å². The van der Waals surface area contributed by atoms with Crippen molar-refractivity contribution in [1.82, 2.24) is 0 Å². The molecule has 0 spiro atoms. The summed E-state index contributed by atoms with van der Waals surface area (Å²) >= 11 is 0. The molecule has 1 rings (SSSR count). The fraction of sp³-hybridized carbons (Fsp3) is 0.214. The van der Waals surface area contributed by atoms with Crippen LogP contribution in [0.15, 0.2) is 36.4 Å². The molecule has 0 atom stereocenters. The largest absolute Gasteiger partial charge is 0.463 e. The van der Waals surface area contributed by atoms with Gasteiger partial charge >= 0.3 is 5.97 Å². The molecule has 0 aliphatic rings. The van der Waals surface area contributed by atoms with E-state index in [9.17, 15) is 14.4 Å². The summed E-state index contributed by atoms with van der Waals surface area (Å²) in [5.74, 6) is -1.23. The van der Waals surface area contributed by atoms with Gasteiger partial charge in [0, 0.05) is 17.7 Å². The Kier molecular flexibility index (Phi) is 5.47. The Bertz CT molecular complexity index is 520. The van der Waals surface area contributed by atoms with Gasteiger partial charge in [0.25, 0.3) is 0 Å². The number of carbonyl (C=O) groups excluding carboxylic acids is 3. The van der Waals surface area contributed by atoms with Crippen LogP contribution in [0.1, 0.15) is 24.2 Å². The summed E-state index contributed by atoms with van der Waals surface area (Å²) in [6, 6.07) is 6.65. The molecule has 0 aromatic heterocycles. The molecule has 19 heavy (non-hydrogen) atoms. The van der Waals surface area contributed by atoms with Gasteiger partial charge in [0.2, 0.25) is 5.91 Å². The molecule has 0 radical (unpaired) electrons. The second-order valence-electron chi connectivity index (χ2n) is 3.68. The first-order valence-electron chi connectivity index (χ1n) is 5.80. The molecule has 1 aromatic rings. The lowest BCUT2D eigenvalue weighted by atomic mass is 10.1. The summed E-state index contributed by atoms with van der Waals surface area (Å²) in [7, 11) is 0. The zero-order valence-electron chi connectivity index (χ0n) is 10.8. The van der Waals surface area contributed by atoms with Crippen molar-refractivity contribution in [2.24, 2.45) is 0 Å². The van der Waals surface area contributed by atoms with Crippen LogP contribution in [0.4, 0.5) is 5.69 Å². The van der Waals surface area contributed by atoms with E-state index in [1.165, 1.54) is 6.92 Å². The van der Waals surface area contributed by atoms with Crippen molar-refractivity contribution in [1.29, 1.82) is 0 Å². The number of para-hydroxylation sites is 1. The fourth-order valence-corrected chi connectivity index (χ4v) is 1.41. The Hall–Kier alpha value is -2.43. The van der Waals surface area contributed by atoms with Gasteiger partial charge in [0.1, 0.15) is 0 Å². The van der Waals surface area contributed by atoms with Crippen molar-refractivity contribution in [3.63, 3.8) is 0 Å². The summed E-state index contributed by atoms with van der Waals surface area (Å²) in [5, 5.41) is 2.53. The van der Waals surface area contributed by atoms with Gasteiger partial charge in [-0.1, -0.05) is 12.1 Å². The van der Waals surface area contributed by atoms with Crippen LogP contribution in [0.2, 0.25) is 0 Å². The first kappa shape index (κ1) is 14.6. The third-order valence-corrected chi connectivity index (χ3v) is 2.22. The summed E-state index contributed by atoms with van der Waals surface area (Å²) < 4.78 is 4.64. The Labute approximate surface area is 111 Å². The van der Waals surface area contributed by atoms with Crippen LogP contribution >= 0.6 is 0 Å². The first-order chi connectivity index (χ1) is 9.04. The molecule has 0 saturated heterocycles. The highest BCUT2D eigenvalue weighted by atomic mass is 16.5. The van der Waals surface area contributed by atoms with Gasteiger partial charge in [-0.2, -0.15) is 0 Å². The molecule has 0 aliphatic carbocycles. The van der Waals surface area contributed by atoms with E-state index in [-0.39, 0.29) is 12.4 Å². The van der Waals surface area contributed by atoms with E-state index in [1.54, 1.807) is 31.2 Å². The van der Waals surface area contributed by atoms with Gasteiger partial charge in [0.05, 0.1) is 12.3 Å². The predicted molar refractivity (Wildman–Crippen MR) is 70.8 cm³/mol. The average molecular weight is 261 g/mol. The topological polar surface area (TPSA) is 72.5 Å². The maximum Gasteiger partial charge on any atom is 0.330 e. The van der Waals surface area contributed by atoms with Crippen molar-refractivity contribution in [2.45, 2.75) is 13.8 Å². The number of Topliss-reactive ketones (excluding diaryl/α,β-unsaturated/α-hetero) is 1. The normalized spacial score (nSPS) is 10.2. The lowest BCUT2D eigenvalue weighted by Gasteiger charge is -2.06. The molecular weight excluding hydrogens is 246 g/mol. The summed E-state index contributed by atoms with van der Waals surface area (Å²) in [6.07, 6.45) is 2.10. The lowest BCUT2D eigenvalue weighted by molar-refractivity contribution is -0.137. The summed E-state index contributed by atoms with van der Waals surface area (Å²) in [6.45, 7) is 3.34. The van der Waals surface area contributed by atoms with E-state index in [0.29, 0.717) is 11.3 Å². The van der Waals surface area contributed by atoms with E-state index >= 15 is 0 Å². The van der Waals surface area contributed by atoms with Crippen LogP contribution in [0.25, 0.3) is 0 Å². The maximum atomic E-state index is 11.6. The van der Waals surface area contributed by atoms with E-state index in [1.807, 2.05) is 0 Å². The molecule has 0 heterocycles. The van der Waals surface area contributed by atoms with E-state index in [2.05, 4.69) is 10.1 Å². The van der Waals surface area contributed by atoms with Crippen molar-refractivity contribution < 1.29 is 19.1 Å². The number of hydrogen-bond donors (Lipinski definition) is 1. The molecule has 100 valence electrons. The summed E-state index contributed by atoms with van der Waals surface area (Å²) in [5.41, 5.74) is 0.828. The number of esters is 1. The molecule has 5 heteroatoms. The molecule has 1 amide bonds. The smallest absolute Gasteiger partial charge is 0.330 e. The average Bonchev–Trinajstić information content (AvgIpc) is 2.37. The first-order valence-corrected chi connectivity index (χ1v) is 5.80. The minimum atomic E-state index is -0.586. The number of carbonyl (C=O) groups is 3. The number of anilines is 1. The Balaban J connectivity index is 2.72. The molecule has 1 aromatic carbocycles. The highest BCUT2D eigenvalue weighted by Gasteiger charge is 2.08. The van der Waals surface area contributed by atoms with Gasteiger partial charge in [0.15, 0.2) is 5.78 Å². The number of benzene rings is 1. The fourth-order valence-electron chi connectivity index (χ4n) is 1.41. The number of ether oxygens (including phenoxy) is 1. The van der Waals surface area contributed by atoms with Crippen LogP contribution in [0.3, 0.4) is 0 Å². The van der Waals surface area contributed by atoms with Crippen LogP contribution < -0.4 is 5.32 Å². The highest BCUT2D eigenvalue weighted by Crippen LogP contribution is 2.15. The predicted octanol–water partition coefficient (Wildman–Crippen LogP) is 1.95. The standard InChI is InChI=1S/C14H15NO4/c1-3-19-14(18)9-8-13(17)15-12-7-5-4-6-11(12)10(2)16/h4-9H,3H2,1-2H3,(H,15,17)/b9-8+. The van der Waals surface area contributed by atoms with Gasteiger partial charge in [-0.05, 0) is 26.0 Å². The van der Waals surface area contributed by atoms with E-state index < -0.39 is 11.9 Å². The monoisotopic (exact) mass is 261 g/mol. The van der Waals surface area contributed by atoms with Crippen molar-refractivity contribution in [3.05, 3.63) is 42.0 Å². The molecule has 0 saturated carbocycles. The Morgan fingerprint density at radius 2 is 1.89 bits per heavy atom. The zero-order chi connectivity index (χ0) is 14.3. The minimum Gasteiger partial charge on any atom is -0.463 e. The number of rotatable bonds is 5. The van der Waals surface area contributed by atoms with Crippen LogP contribution in [-0.2, 0) is 14.3 Å². The number of amides is 1. The maximum absolute atomic E-state index is 11.6. The number of hydrogen-bond acceptors (Lipinski definition) is 4. The summed E-state index contributed by atoms with van der Waals surface area (Å²) in [4.78, 5) is 34.0. The third-order valence-electron chi connectivity index (χ3n) is 2.22. The van der Waals surface area contributed by atoms with Gasteiger partial charge in [-0.3, -0.25) is 9.59 Å². The van der Waals surface area contributed by atoms with E-state index in [0.717, 1.165) is 12.2 Å². The molecule has 0 unspecified atom stereocenters. The SMILES string of the molecule is CCOC(=O)/C=C/C(=O)Nc1ccccc1C(C)=O. The van der Waals surface area contributed by atoms with Crippen LogP contribution in [-0.4, -0.2) is 24.3 Å². The number of nitrogens with one attached hydrogen (secondary N) is 1. The Morgan fingerprint density at radius 1 is 1.21 bits per heavy atom. The van der Waals surface area contributed by atoms with Gasteiger partial charge < -0.3 is 10.1 Å². The number of ketones is 1. The quantitative estimate of drug-likeness (QED) is 0.499. The van der Waals surface area contributed by atoms with Gasteiger partial charge in [-0.15, -0.1) is 0 Å². The second kappa shape index (κ2) is 7.10. The van der Waals surface area contributed by atoms with Crippen LogP contribution in [0, 0.1) is 0 Å². The van der Waals surface area contributed by atoms with Crippen molar-refractivity contribution in [3.8, 4) is 0 Å². The Morgan fingerprint density at radius 3 is 2.53 bits per heavy atom. The molecule has 0 aliphatic heterocycles. The second-order valence-corrected chi connectivity index (χ2v) is 3.68.